The van der Waals surface area contributed by atoms with Gasteiger partial charge in [0.25, 0.3) is 5.91 Å². The predicted molar refractivity (Wildman–Crippen MR) is 158 cm³/mol. The predicted octanol–water partition coefficient (Wildman–Crippen LogP) is 4.51. The zero-order valence-corrected chi connectivity index (χ0v) is 24.3. The van der Waals surface area contributed by atoms with E-state index in [0.29, 0.717) is 45.9 Å². The van der Waals surface area contributed by atoms with E-state index in [1.807, 2.05) is 31.2 Å². The first-order chi connectivity index (χ1) is 20.4. The molecule has 0 unspecified atom stereocenters. The lowest BCUT2D eigenvalue weighted by atomic mass is 10.2. The van der Waals surface area contributed by atoms with Gasteiger partial charge < -0.3 is 24.8 Å². The quantitative estimate of drug-likeness (QED) is 0.171. The molecule has 4 rings (SSSR count). The molecule has 0 fully saturated rings. The van der Waals surface area contributed by atoms with Crippen LogP contribution in [0.4, 0.5) is 5.69 Å². The average molecular weight is 590 g/mol. The number of hydrogen-bond donors (Lipinski definition) is 2. The lowest BCUT2D eigenvalue weighted by Crippen LogP contribution is -2.25. The molecule has 0 aliphatic heterocycles. The molecule has 0 aliphatic carbocycles. The largest absolute Gasteiger partial charge is 0.496 e. The fourth-order valence-electron chi connectivity index (χ4n) is 3.94. The number of nitrogens with zero attached hydrogens (tertiary/aromatic N) is 3. The van der Waals surface area contributed by atoms with E-state index in [2.05, 4.69) is 20.8 Å². The maximum Gasteiger partial charge on any atom is 0.338 e. The summed E-state index contributed by atoms with van der Waals surface area (Å²) in [5, 5.41) is 14.8. The number of aromatic nitrogens is 3. The molecule has 2 amide bonds. The number of amides is 2. The van der Waals surface area contributed by atoms with Gasteiger partial charge in [-0.3, -0.25) is 14.2 Å². The smallest absolute Gasteiger partial charge is 0.338 e. The number of anilines is 1. The normalized spacial score (nSPS) is 10.5. The van der Waals surface area contributed by atoms with Crippen molar-refractivity contribution >= 4 is 35.2 Å². The fraction of sp³-hybridized carbons (Fsp3) is 0.233. The molecule has 11 nitrogen and oxygen atoms in total. The highest BCUT2D eigenvalue weighted by molar-refractivity contribution is 7.99. The molecule has 0 aliphatic rings. The molecule has 1 heterocycles. The Morgan fingerprint density at radius 1 is 0.905 bits per heavy atom. The van der Waals surface area contributed by atoms with Crippen LogP contribution in [0.3, 0.4) is 0 Å². The molecule has 0 radical (unpaired) electrons. The third-order valence-corrected chi connectivity index (χ3v) is 6.81. The van der Waals surface area contributed by atoms with E-state index in [1.54, 1.807) is 60.0 Å². The Morgan fingerprint density at radius 2 is 1.64 bits per heavy atom. The van der Waals surface area contributed by atoms with Crippen LogP contribution in [0.15, 0.2) is 78.0 Å². The van der Waals surface area contributed by atoms with Crippen molar-refractivity contribution in [3.05, 3.63) is 89.7 Å². The van der Waals surface area contributed by atoms with Gasteiger partial charge in [-0.05, 0) is 74.5 Å². The van der Waals surface area contributed by atoms with Gasteiger partial charge in [-0.1, -0.05) is 23.9 Å². The molecular weight excluding hydrogens is 558 g/mol. The summed E-state index contributed by atoms with van der Waals surface area (Å²) >= 11 is 1.20. The summed E-state index contributed by atoms with van der Waals surface area (Å²) < 4.78 is 17.6. The van der Waals surface area contributed by atoms with Gasteiger partial charge in [-0.15, -0.1) is 10.2 Å². The maximum atomic E-state index is 12.9. The monoisotopic (exact) mass is 589 g/mol. The lowest BCUT2D eigenvalue weighted by molar-refractivity contribution is -0.113. The number of para-hydroxylation sites is 1. The van der Waals surface area contributed by atoms with Crippen LogP contribution in [0.25, 0.3) is 5.69 Å². The van der Waals surface area contributed by atoms with Crippen molar-refractivity contribution in [2.75, 3.05) is 31.4 Å². The number of ether oxygens (including phenoxy) is 3. The third kappa shape index (κ3) is 7.67. The van der Waals surface area contributed by atoms with E-state index < -0.39 is 5.97 Å². The van der Waals surface area contributed by atoms with Crippen molar-refractivity contribution in [2.24, 2.45) is 0 Å². The summed E-state index contributed by atoms with van der Waals surface area (Å²) in [7, 11) is 1.51. The first-order valence-electron chi connectivity index (χ1n) is 13.2. The highest BCUT2D eigenvalue weighted by atomic mass is 32.2. The molecule has 12 heteroatoms. The number of carbonyl (C=O) groups excluding carboxylic acids is 3. The third-order valence-electron chi connectivity index (χ3n) is 5.88. The first-order valence-corrected chi connectivity index (χ1v) is 14.2. The lowest BCUT2D eigenvalue weighted by Gasteiger charge is -2.13. The number of benzene rings is 3. The Kier molecular flexibility index (Phi) is 10.5. The summed E-state index contributed by atoms with van der Waals surface area (Å²) in [6.07, 6.45) is 0. The van der Waals surface area contributed by atoms with E-state index >= 15 is 0 Å². The van der Waals surface area contributed by atoms with E-state index in [0.717, 1.165) is 5.69 Å². The number of rotatable bonds is 13. The van der Waals surface area contributed by atoms with Crippen LogP contribution < -0.4 is 20.1 Å². The van der Waals surface area contributed by atoms with E-state index in [-0.39, 0.29) is 30.7 Å². The second-order valence-electron chi connectivity index (χ2n) is 8.68. The zero-order chi connectivity index (χ0) is 29.9. The molecule has 42 heavy (non-hydrogen) atoms. The Morgan fingerprint density at radius 3 is 2.33 bits per heavy atom. The minimum Gasteiger partial charge on any atom is -0.496 e. The number of hydrogen-bond acceptors (Lipinski definition) is 9. The Balaban J connectivity index is 1.48. The molecule has 2 N–H and O–H groups in total. The summed E-state index contributed by atoms with van der Waals surface area (Å²) in [6.45, 7) is 4.54. The summed E-state index contributed by atoms with van der Waals surface area (Å²) in [5.41, 5.74) is 2.08. The van der Waals surface area contributed by atoms with Crippen molar-refractivity contribution in [1.82, 2.24) is 20.1 Å². The van der Waals surface area contributed by atoms with Gasteiger partial charge in [0.15, 0.2) is 11.0 Å². The molecular formula is C30H31N5O6S. The molecule has 3 aromatic carbocycles. The fourth-order valence-corrected chi connectivity index (χ4v) is 4.71. The maximum absolute atomic E-state index is 12.9. The van der Waals surface area contributed by atoms with Crippen LogP contribution in [-0.4, -0.2) is 58.6 Å². The van der Waals surface area contributed by atoms with Gasteiger partial charge in [0.2, 0.25) is 5.91 Å². The number of nitrogens with one attached hydrogen (secondary N) is 2. The van der Waals surface area contributed by atoms with Crippen LogP contribution in [0.2, 0.25) is 0 Å². The Hall–Kier alpha value is -4.84. The van der Waals surface area contributed by atoms with Crippen molar-refractivity contribution in [3.8, 4) is 17.2 Å². The van der Waals surface area contributed by atoms with Crippen molar-refractivity contribution < 1.29 is 28.6 Å². The standard InChI is InChI=1S/C30H31N5O6S/c1-4-40-23-16-14-22(15-17-23)35-26(18-31-28(37)24-8-6-7-9-25(24)39-3)33-34-30(35)42-19-27(36)32-21-12-10-20(11-13-21)29(38)41-5-2/h6-17H,4-5,18-19H2,1-3H3,(H,31,37)(H,32,36). The van der Waals surface area contributed by atoms with E-state index in [9.17, 15) is 14.4 Å². The summed E-state index contributed by atoms with van der Waals surface area (Å²) in [5.74, 6) is 0.674. The minimum atomic E-state index is -0.422. The van der Waals surface area contributed by atoms with Crippen molar-refractivity contribution in [2.45, 2.75) is 25.5 Å². The molecule has 0 bridgehead atoms. The van der Waals surface area contributed by atoms with Crippen LogP contribution >= 0.6 is 11.8 Å². The number of esters is 1. The number of methoxy groups -OCH3 is 1. The summed E-state index contributed by atoms with van der Waals surface area (Å²) in [6, 6.07) is 20.8. The molecule has 4 aromatic rings. The number of thioether (sulfide) groups is 1. The van der Waals surface area contributed by atoms with E-state index in [1.165, 1.54) is 18.9 Å². The van der Waals surface area contributed by atoms with Crippen molar-refractivity contribution in [1.29, 1.82) is 0 Å². The van der Waals surface area contributed by atoms with Crippen LogP contribution in [-0.2, 0) is 16.1 Å². The van der Waals surface area contributed by atoms with Gasteiger partial charge in [0.05, 0.1) is 43.7 Å². The van der Waals surface area contributed by atoms with Gasteiger partial charge in [-0.25, -0.2) is 4.79 Å². The van der Waals surface area contributed by atoms with Crippen LogP contribution in [0, 0.1) is 0 Å². The topological polar surface area (TPSA) is 134 Å². The Labute approximate surface area is 247 Å². The van der Waals surface area contributed by atoms with Crippen LogP contribution in [0.1, 0.15) is 40.4 Å². The van der Waals surface area contributed by atoms with Crippen LogP contribution in [0.5, 0.6) is 11.5 Å². The van der Waals surface area contributed by atoms with E-state index in [4.69, 9.17) is 14.2 Å². The minimum absolute atomic E-state index is 0.0440. The molecule has 0 saturated heterocycles. The molecule has 0 atom stereocenters. The van der Waals surface area contributed by atoms with Gasteiger partial charge in [0.1, 0.15) is 11.5 Å². The SMILES string of the molecule is CCOC(=O)c1ccc(NC(=O)CSc2nnc(CNC(=O)c3ccccc3OC)n2-c2ccc(OCC)cc2)cc1. The highest BCUT2D eigenvalue weighted by Crippen LogP contribution is 2.25. The number of carbonyl (C=O) groups is 3. The average Bonchev–Trinajstić information content (AvgIpc) is 3.42. The second-order valence-corrected chi connectivity index (χ2v) is 9.62. The molecule has 1 aromatic heterocycles. The van der Waals surface area contributed by atoms with Crippen molar-refractivity contribution in [3.63, 3.8) is 0 Å². The summed E-state index contributed by atoms with van der Waals surface area (Å²) in [4.78, 5) is 37.5. The van der Waals surface area contributed by atoms with Gasteiger partial charge >= 0.3 is 5.97 Å². The van der Waals surface area contributed by atoms with Gasteiger partial charge in [-0.2, -0.15) is 0 Å². The molecule has 0 spiro atoms. The van der Waals surface area contributed by atoms with Gasteiger partial charge in [0, 0.05) is 11.4 Å². The second kappa shape index (κ2) is 14.7. The highest BCUT2D eigenvalue weighted by Gasteiger charge is 2.18. The Bertz CT molecular complexity index is 1520. The zero-order valence-electron chi connectivity index (χ0n) is 23.5. The molecule has 218 valence electrons. The molecule has 0 saturated carbocycles. The first kappa shape index (κ1) is 30.1.